The maximum absolute atomic E-state index is 12.6. The number of thioether (sulfide) groups is 1. The van der Waals surface area contributed by atoms with E-state index in [4.69, 9.17) is 9.84 Å². The van der Waals surface area contributed by atoms with Gasteiger partial charge in [-0.25, -0.2) is 4.68 Å². The van der Waals surface area contributed by atoms with Crippen LogP contribution in [0, 0.1) is 20.8 Å². The Balaban J connectivity index is 1.57. The third-order valence-corrected chi connectivity index (χ3v) is 5.72. The molecule has 1 aliphatic rings. The highest BCUT2D eigenvalue weighted by Gasteiger charge is 2.25. The van der Waals surface area contributed by atoms with Gasteiger partial charge in [0.1, 0.15) is 11.6 Å². The number of hydrogen-bond donors (Lipinski definition) is 1. The lowest BCUT2D eigenvalue weighted by Crippen LogP contribution is -2.22. The molecule has 2 aromatic carbocycles. The van der Waals surface area contributed by atoms with Crippen molar-refractivity contribution in [3.63, 3.8) is 0 Å². The van der Waals surface area contributed by atoms with E-state index in [0.29, 0.717) is 5.75 Å². The van der Waals surface area contributed by atoms with Crippen LogP contribution in [0.2, 0.25) is 0 Å². The third kappa shape index (κ3) is 3.78. The standard InChI is InChI=1S/C22H23N3O2S/c1-14-5-4-6-17(10-14)27-11-21(26)23-22-18-12-28-13-19(18)24-25(22)20-8-7-15(2)9-16(20)3/h4-10H,11-13H2,1-3H3,(H,23,26). The number of aryl methyl sites for hydroxylation is 3. The van der Waals surface area contributed by atoms with Crippen molar-refractivity contribution >= 4 is 23.5 Å². The fraction of sp³-hybridized carbons (Fsp3) is 0.273. The van der Waals surface area contributed by atoms with E-state index in [2.05, 4.69) is 37.4 Å². The van der Waals surface area contributed by atoms with Gasteiger partial charge in [0.2, 0.25) is 0 Å². The minimum Gasteiger partial charge on any atom is -0.484 e. The van der Waals surface area contributed by atoms with Gasteiger partial charge in [0.05, 0.1) is 11.4 Å². The van der Waals surface area contributed by atoms with Crippen molar-refractivity contribution < 1.29 is 9.53 Å². The second-order valence-electron chi connectivity index (χ2n) is 7.12. The molecule has 0 spiro atoms. The first-order chi connectivity index (χ1) is 13.5. The van der Waals surface area contributed by atoms with Gasteiger partial charge in [0, 0.05) is 17.1 Å². The number of rotatable bonds is 5. The minimum atomic E-state index is -0.188. The number of amides is 1. The number of carbonyl (C=O) groups is 1. The molecule has 0 atom stereocenters. The molecular weight excluding hydrogens is 370 g/mol. The van der Waals surface area contributed by atoms with Gasteiger partial charge in [0.15, 0.2) is 6.61 Å². The minimum absolute atomic E-state index is 0.0383. The molecule has 1 N–H and O–H groups in total. The Labute approximate surface area is 169 Å². The molecule has 2 heterocycles. The second kappa shape index (κ2) is 7.72. The summed E-state index contributed by atoms with van der Waals surface area (Å²) in [6.07, 6.45) is 0. The summed E-state index contributed by atoms with van der Waals surface area (Å²) >= 11 is 1.81. The Morgan fingerprint density at radius 1 is 1.14 bits per heavy atom. The van der Waals surface area contributed by atoms with E-state index in [-0.39, 0.29) is 12.5 Å². The van der Waals surface area contributed by atoms with Crippen LogP contribution in [0.25, 0.3) is 5.69 Å². The van der Waals surface area contributed by atoms with E-state index < -0.39 is 0 Å². The largest absolute Gasteiger partial charge is 0.484 e. The van der Waals surface area contributed by atoms with Gasteiger partial charge in [-0.3, -0.25) is 4.79 Å². The monoisotopic (exact) mass is 393 g/mol. The zero-order valence-electron chi connectivity index (χ0n) is 16.3. The highest BCUT2D eigenvalue weighted by atomic mass is 32.2. The summed E-state index contributed by atoms with van der Waals surface area (Å²) in [7, 11) is 0. The molecule has 0 saturated heterocycles. The van der Waals surface area contributed by atoms with Gasteiger partial charge in [-0.15, -0.1) is 0 Å². The zero-order valence-corrected chi connectivity index (χ0v) is 17.1. The van der Waals surface area contributed by atoms with Gasteiger partial charge < -0.3 is 10.1 Å². The molecule has 0 fully saturated rings. The van der Waals surface area contributed by atoms with Crippen LogP contribution in [0.5, 0.6) is 5.75 Å². The van der Waals surface area contributed by atoms with Crippen LogP contribution < -0.4 is 10.1 Å². The van der Waals surface area contributed by atoms with Crippen LogP contribution in [0.1, 0.15) is 27.9 Å². The van der Waals surface area contributed by atoms with E-state index in [1.807, 2.05) is 47.6 Å². The molecule has 0 aliphatic carbocycles. The van der Waals surface area contributed by atoms with Gasteiger partial charge in [-0.1, -0.05) is 29.8 Å². The molecule has 0 bridgehead atoms. The predicted octanol–water partition coefficient (Wildman–Crippen LogP) is 4.56. The van der Waals surface area contributed by atoms with Crippen molar-refractivity contribution in [1.82, 2.24) is 9.78 Å². The van der Waals surface area contributed by atoms with E-state index in [1.54, 1.807) is 0 Å². The molecule has 1 aliphatic heterocycles. The van der Waals surface area contributed by atoms with Crippen molar-refractivity contribution in [2.45, 2.75) is 32.3 Å². The zero-order chi connectivity index (χ0) is 19.7. The van der Waals surface area contributed by atoms with Crippen LogP contribution >= 0.6 is 11.8 Å². The molecule has 5 nitrogen and oxygen atoms in total. The molecule has 3 aromatic rings. The lowest BCUT2D eigenvalue weighted by molar-refractivity contribution is -0.118. The second-order valence-corrected chi connectivity index (χ2v) is 8.11. The number of nitrogens with one attached hydrogen (secondary N) is 1. The SMILES string of the molecule is Cc1cccc(OCC(=O)Nc2c3c(nn2-c2ccc(C)cc2C)CSC3)c1. The Morgan fingerprint density at radius 2 is 1.96 bits per heavy atom. The quantitative estimate of drug-likeness (QED) is 0.690. The third-order valence-electron chi connectivity index (χ3n) is 4.75. The molecule has 4 rings (SSSR count). The summed E-state index contributed by atoms with van der Waals surface area (Å²) in [5.74, 6) is 2.99. The number of anilines is 1. The summed E-state index contributed by atoms with van der Waals surface area (Å²) in [5.41, 5.74) is 6.56. The number of hydrogen-bond acceptors (Lipinski definition) is 4. The van der Waals surface area contributed by atoms with Crippen molar-refractivity contribution in [3.8, 4) is 11.4 Å². The highest BCUT2D eigenvalue weighted by Crippen LogP contribution is 2.36. The molecule has 6 heteroatoms. The topological polar surface area (TPSA) is 56.1 Å². The number of nitrogens with zero attached hydrogens (tertiary/aromatic N) is 2. The van der Waals surface area contributed by atoms with Crippen LogP contribution in [-0.4, -0.2) is 22.3 Å². The maximum atomic E-state index is 12.6. The fourth-order valence-corrected chi connectivity index (χ4v) is 4.42. The van der Waals surface area contributed by atoms with Crippen LogP contribution in [0.4, 0.5) is 5.82 Å². The fourth-order valence-electron chi connectivity index (χ4n) is 3.38. The smallest absolute Gasteiger partial charge is 0.263 e. The molecule has 0 saturated carbocycles. The Kier molecular flexibility index (Phi) is 5.13. The summed E-state index contributed by atoms with van der Waals surface area (Å²) < 4.78 is 7.52. The maximum Gasteiger partial charge on any atom is 0.263 e. The van der Waals surface area contributed by atoms with E-state index in [9.17, 15) is 4.79 Å². The number of carbonyl (C=O) groups excluding carboxylic acids is 1. The normalized spacial score (nSPS) is 12.7. The van der Waals surface area contributed by atoms with Gasteiger partial charge in [0.25, 0.3) is 5.91 Å². The lowest BCUT2D eigenvalue weighted by Gasteiger charge is -2.14. The first-order valence-electron chi connectivity index (χ1n) is 9.27. The lowest BCUT2D eigenvalue weighted by atomic mass is 10.1. The summed E-state index contributed by atoms with van der Waals surface area (Å²) in [6, 6.07) is 13.9. The molecule has 144 valence electrons. The highest BCUT2D eigenvalue weighted by molar-refractivity contribution is 7.98. The molecule has 1 aromatic heterocycles. The summed E-state index contributed by atoms with van der Waals surface area (Å²) in [6.45, 7) is 6.10. The molecule has 28 heavy (non-hydrogen) atoms. The van der Waals surface area contributed by atoms with Crippen molar-refractivity contribution in [2.24, 2.45) is 0 Å². The number of aromatic nitrogens is 2. The Bertz CT molecular complexity index is 1040. The van der Waals surface area contributed by atoms with Crippen molar-refractivity contribution in [1.29, 1.82) is 0 Å². The number of benzene rings is 2. The van der Waals surface area contributed by atoms with Crippen LogP contribution in [0.15, 0.2) is 42.5 Å². The van der Waals surface area contributed by atoms with Crippen molar-refractivity contribution in [2.75, 3.05) is 11.9 Å². The number of ether oxygens (including phenoxy) is 1. The first kappa shape index (κ1) is 18.6. The summed E-state index contributed by atoms with van der Waals surface area (Å²) in [4.78, 5) is 12.6. The van der Waals surface area contributed by atoms with Gasteiger partial charge in [-0.2, -0.15) is 16.9 Å². The average molecular weight is 394 g/mol. The molecule has 0 radical (unpaired) electrons. The number of fused-ring (bicyclic) bond motifs is 1. The van der Waals surface area contributed by atoms with E-state index in [1.165, 1.54) is 5.56 Å². The van der Waals surface area contributed by atoms with Crippen LogP contribution in [0.3, 0.4) is 0 Å². The Morgan fingerprint density at radius 3 is 2.75 bits per heavy atom. The van der Waals surface area contributed by atoms with Crippen LogP contribution in [-0.2, 0) is 16.3 Å². The summed E-state index contributed by atoms with van der Waals surface area (Å²) in [5, 5.41) is 7.81. The molecule has 1 amide bonds. The predicted molar refractivity (Wildman–Crippen MR) is 113 cm³/mol. The van der Waals surface area contributed by atoms with Crippen molar-refractivity contribution in [3.05, 3.63) is 70.4 Å². The molecule has 0 unspecified atom stereocenters. The van der Waals surface area contributed by atoms with Gasteiger partial charge >= 0.3 is 0 Å². The average Bonchev–Trinajstić information content (AvgIpc) is 3.23. The van der Waals surface area contributed by atoms with E-state index >= 15 is 0 Å². The van der Waals surface area contributed by atoms with E-state index in [0.717, 1.165) is 45.4 Å². The first-order valence-corrected chi connectivity index (χ1v) is 10.4. The Hall–Kier alpha value is -2.73. The van der Waals surface area contributed by atoms with Gasteiger partial charge in [-0.05, 0) is 50.1 Å². The molecular formula is C22H23N3O2S.